The van der Waals surface area contributed by atoms with E-state index in [0.29, 0.717) is 12.0 Å². The number of carboxylic acid groups (broad SMARTS) is 1. The normalized spacial score (nSPS) is 19.0. The van der Waals surface area contributed by atoms with E-state index in [1.165, 1.54) is 0 Å². The Morgan fingerprint density at radius 3 is 2.68 bits per heavy atom. The van der Waals surface area contributed by atoms with Crippen molar-refractivity contribution in [2.45, 2.75) is 44.6 Å². The molecule has 0 bridgehead atoms. The van der Waals surface area contributed by atoms with Gasteiger partial charge in [-0.15, -0.1) is 0 Å². The van der Waals surface area contributed by atoms with Crippen molar-refractivity contribution in [1.82, 2.24) is 14.8 Å². The number of aromatic nitrogens is 3. The molecule has 0 aromatic carbocycles. The molecule has 0 spiro atoms. The maximum atomic E-state index is 11.3. The summed E-state index contributed by atoms with van der Waals surface area (Å²) < 4.78 is 1.93. The van der Waals surface area contributed by atoms with E-state index < -0.39 is 5.97 Å². The Labute approximate surface area is 110 Å². The third kappa shape index (κ3) is 1.64. The highest BCUT2D eigenvalue weighted by molar-refractivity contribution is 5.92. The molecule has 2 fully saturated rings. The predicted molar refractivity (Wildman–Crippen MR) is 69.5 cm³/mol. The van der Waals surface area contributed by atoms with Crippen molar-refractivity contribution in [3.63, 3.8) is 0 Å². The first-order valence-corrected chi connectivity index (χ1v) is 6.78. The largest absolute Gasteiger partial charge is 0.477 e. The maximum absolute atomic E-state index is 11.3. The number of rotatable bonds is 3. The molecule has 2 heterocycles. The number of hydrogen-bond donors (Lipinski definition) is 1. The molecule has 0 saturated heterocycles. The average Bonchev–Trinajstić information content (AvgIpc) is 3.26. The lowest BCUT2D eigenvalue weighted by molar-refractivity contribution is 0.0690. The van der Waals surface area contributed by atoms with Gasteiger partial charge in [-0.25, -0.2) is 14.5 Å². The van der Waals surface area contributed by atoms with Gasteiger partial charge in [0.2, 0.25) is 0 Å². The Morgan fingerprint density at radius 2 is 2.11 bits per heavy atom. The van der Waals surface area contributed by atoms with Gasteiger partial charge < -0.3 is 5.11 Å². The van der Waals surface area contributed by atoms with Gasteiger partial charge in [-0.2, -0.15) is 5.10 Å². The summed E-state index contributed by atoms with van der Waals surface area (Å²) >= 11 is 0. The monoisotopic (exact) mass is 257 g/mol. The third-order valence-electron chi connectivity index (χ3n) is 4.00. The molecule has 19 heavy (non-hydrogen) atoms. The summed E-state index contributed by atoms with van der Waals surface area (Å²) in [5, 5.41) is 14.9. The quantitative estimate of drug-likeness (QED) is 0.917. The first kappa shape index (κ1) is 11.0. The van der Waals surface area contributed by atoms with Crippen LogP contribution in [0.25, 0.3) is 11.0 Å². The molecule has 2 aliphatic carbocycles. The van der Waals surface area contributed by atoms with Crippen molar-refractivity contribution >= 4 is 17.0 Å². The minimum atomic E-state index is -0.954. The molecule has 0 aliphatic heterocycles. The summed E-state index contributed by atoms with van der Waals surface area (Å²) in [6.07, 6.45) is 4.53. The van der Waals surface area contributed by atoms with Gasteiger partial charge in [0.25, 0.3) is 0 Å². The number of carboxylic acids is 1. The molecule has 2 aromatic heterocycles. The number of nitrogens with zero attached hydrogens (tertiary/aromatic N) is 3. The van der Waals surface area contributed by atoms with Crippen molar-refractivity contribution in [2.75, 3.05) is 0 Å². The van der Waals surface area contributed by atoms with Crippen molar-refractivity contribution in [3.8, 4) is 0 Å². The van der Waals surface area contributed by atoms with Crippen molar-refractivity contribution in [2.24, 2.45) is 0 Å². The fourth-order valence-corrected chi connectivity index (χ4v) is 2.75. The van der Waals surface area contributed by atoms with E-state index in [-0.39, 0.29) is 5.69 Å². The minimum absolute atomic E-state index is 0.149. The number of fused-ring (bicyclic) bond motifs is 1. The molecule has 5 nitrogen and oxygen atoms in total. The molecule has 0 atom stereocenters. The Balaban J connectivity index is 2.03. The van der Waals surface area contributed by atoms with Gasteiger partial charge in [-0.05, 0) is 50.2 Å². The van der Waals surface area contributed by atoms with Gasteiger partial charge in [0.1, 0.15) is 0 Å². The zero-order valence-corrected chi connectivity index (χ0v) is 10.8. The van der Waals surface area contributed by atoms with E-state index in [1.54, 1.807) is 6.07 Å². The van der Waals surface area contributed by atoms with Crippen LogP contribution in [0.15, 0.2) is 6.07 Å². The Bertz CT molecular complexity index is 696. The molecule has 2 aromatic rings. The fourth-order valence-electron chi connectivity index (χ4n) is 2.75. The second-order valence-electron chi connectivity index (χ2n) is 5.64. The first-order valence-electron chi connectivity index (χ1n) is 6.78. The lowest BCUT2D eigenvalue weighted by Gasteiger charge is -2.05. The summed E-state index contributed by atoms with van der Waals surface area (Å²) in [5.41, 5.74) is 3.03. The van der Waals surface area contributed by atoms with E-state index in [4.69, 9.17) is 0 Å². The summed E-state index contributed by atoms with van der Waals surface area (Å²) in [4.78, 5) is 15.6. The van der Waals surface area contributed by atoms with Crippen LogP contribution >= 0.6 is 0 Å². The zero-order valence-electron chi connectivity index (χ0n) is 10.8. The number of aryl methyl sites for hydroxylation is 1. The van der Waals surface area contributed by atoms with Gasteiger partial charge in [0.15, 0.2) is 11.3 Å². The highest BCUT2D eigenvalue weighted by atomic mass is 16.4. The second-order valence-corrected chi connectivity index (χ2v) is 5.64. The summed E-state index contributed by atoms with van der Waals surface area (Å²) in [6.45, 7) is 2.00. The molecule has 2 saturated carbocycles. The predicted octanol–water partition coefficient (Wildman–Crippen LogP) is 2.65. The van der Waals surface area contributed by atoms with Crippen LogP contribution in [-0.2, 0) is 0 Å². The van der Waals surface area contributed by atoms with E-state index in [9.17, 15) is 9.90 Å². The summed E-state index contributed by atoms with van der Waals surface area (Å²) in [7, 11) is 0. The van der Waals surface area contributed by atoms with E-state index in [2.05, 4.69) is 10.1 Å². The summed E-state index contributed by atoms with van der Waals surface area (Å²) in [6, 6.07) is 2.16. The fraction of sp³-hybridized carbons (Fsp3) is 0.500. The van der Waals surface area contributed by atoms with Crippen molar-refractivity contribution in [3.05, 3.63) is 23.0 Å². The van der Waals surface area contributed by atoms with Crippen LogP contribution in [0.4, 0.5) is 0 Å². The van der Waals surface area contributed by atoms with Crippen molar-refractivity contribution in [1.29, 1.82) is 0 Å². The number of hydrogen-bond acceptors (Lipinski definition) is 3. The van der Waals surface area contributed by atoms with Gasteiger partial charge in [0, 0.05) is 5.39 Å². The smallest absolute Gasteiger partial charge is 0.354 e. The maximum Gasteiger partial charge on any atom is 0.354 e. The van der Waals surface area contributed by atoms with E-state index in [0.717, 1.165) is 48.0 Å². The van der Waals surface area contributed by atoms with E-state index in [1.807, 2.05) is 11.6 Å². The van der Waals surface area contributed by atoms with Crippen LogP contribution < -0.4 is 0 Å². The first-order chi connectivity index (χ1) is 9.15. The molecular weight excluding hydrogens is 242 g/mol. The van der Waals surface area contributed by atoms with Gasteiger partial charge in [0.05, 0.1) is 11.7 Å². The van der Waals surface area contributed by atoms with Gasteiger partial charge in [-0.1, -0.05) is 0 Å². The Kier molecular flexibility index (Phi) is 2.05. The lowest BCUT2D eigenvalue weighted by atomic mass is 10.1. The summed E-state index contributed by atoms with van der Waals surface area (Å²) in [5.74, 6) is -0.454. The molecule has 0 radical (unpaired) electrons. The third-order valence-corrected chi connectivity index (χ3v) is 4.00. The Hall–Kier alpha value is -1.91. The number of pyridine rings is 1. The second kappa shape index (κ2) is 3.56. The molecular formula is C14H15N3O2. The van der Waals surface area contributed by atoms with Crippen LogP contribution in [0, 0.1) is 6.92 Å². The highest BCUT2D eigenvalue weighted by Gasteiger charge is 2.32. The topological polar surface area (TPSA) is 68.0 Å². The Morgan fingerprint density at radius 1 is 1.37 bits per heavy atom. The molecule has 0 amide bonds. The molecule has 4 rings (SSSR count). The molecule has 1 N–H and O–H groups in total. The number of carbonyl (C=O) groups is 1. The van der Waals surface area contributed by atoms with Crippen LogP contribution in [0.5, 0.6) is 0 Å². The highest BCUT2D eigenvalue weighted by Crippen LogP contribution is 2.45. The van der Waals surface area contributed by atoms with E-state index >= 15 is 0 Å². The SMILES string of the molecule is Cc1nn(C2CC2)c2nc(C(=O)O)cc(C3CC3)c12. The van der Waals surface area contributed by atoms with Crippen LogP contribution in [0.2, 0.25) is 0 Å². The van der Waals surface area contributed by atoms with Crippen LogP contribution in [0.1, 0.15) is 59.4 Å². The van der Waals surface area contributed by atoms with Crippen LogP contribution in [-0.4, -0.2) is 25.8 Å². The van der Waals surface area contributed by atoms with Gasteiger partial charge in [-0.3, -0.25) is 0 Å². The molecule has 0 unspecified atom stereocenters. The zero-order chi connectivity index (χ0) is 13.1. The molecule has 2 aliphatic rings. The standard InChI is InChI=1S/C14H15N3O2/c1-7-12-10(8-2-3-8)6-11(14(18)19)15-13(12)17(16-7)9-4-5-9/h6,8-9H,2-5H2,1H3,(H,18,19). The lowest BCUT2D eigenvalue weighted by Crippen LogP contribution is -2.05. The average molecular weight is 257 g/mol. The van der Waals surface area contributed by atoms with Crippen molar-refractivity contribution < 1.29 is 9.90 Å². The van der Waals surface area contributed by atoms with Gasteiger partial charge >= 0.3 is 5.97 Å². The van der Waals surface area contributed by atoms with Crippen LogP contribution in [0.3, 0.4) is 0 Å². The minimum Gasteiger partial charge on any atom is -0.477 e. The molecule has 5 heteroatoms. The molecule has 98 valence electrons. The number of aromatic carboxylic acids is 1.